The molecule has 1 atom stereocenters. The van der Waals surface area contributed by atoms with Gasteiger partial charge in [0.05, 0.1) is 5.69 Å². The molecule has 5 heteroatoms. The summed E-state index contributed by atoms with van der Waals surface area (Å²) in [5, 5.41) is 7.22. The number of nitrogens with zero attached hydrogens (tertiary/aromatic N) is 2. The van der Waals surface area contributed by atoms with Gasteiger partial charge in [-0.15, -0.1) is 0 Å². The van der Waals surface area contributed by atoms with Crippen LogP contribution in [-0.4, -0.2) is 28.3 Å². The fraction of sp³-hybridized carbons (Fsp3) is 0.692. The zero-order valence-corrected chi connectivity index (χ0v) is 11.3. The lowest BCUT2D eigenvalue weighted by molar-refractivity contribution is 0.0941. The Balaban J connectivity index is 1.95. The van der Waals surface area contributed by atoms with Gasteiger partial charge in [0.2, 0.25) is 0 Å². The number of rotatable bonds is 5. The van der Waals surface area contributed by atoms with Crippen LogP contribution in [0.2, 0.25) is 0 Å². The van der Waals surface area contributed by atoms with Crippen LogP contribution in [0, 0.1) is 5.92 Å². The summed E-state index contributed by atoms with van der Waals surface area (Å²) in [6, 6.07) is 1.94. The van der Waals surface area contributed by atoms with Gasteiger partial charge in [-0.1, -0.05) is 13.8 Å². The van der Waals surface area contributed by atoms with Crippen molar-refractivity contribution in [2.45, 2.75) is 38.6 Å². The van der Waals surface area contributed by atoms with Crippen LogP contribution in [0.5, 0.6) is 0 Å². The van der Waals surface area contributed by atoms with Crippen molar-refractivity contribution in [1.29, 1.82) is 0 Å². The van der Waals surface area contributed by atoms with Gasteiger partial charge in [-0.25, -0.2) is 0 Å². The molecule has 100 valence electrons. The Bertz CT molecular complexity index is 434. The predicted octanol–water partition coefficient (Wildman–Crippen LogP) is 1.01. The number of aromatic nitrogens is 2. The van der Waals surface area contributed by atoms with Crippen molar-refractivity contribution >= 4 is 5.91 Å². The minimum Gasteiger partial charge on any atom is -0.349 e. The number of hydrogen-bond donors (Lipinski definition) is 2. The van der Waals surface area contributed by atoms with E-state index >= 15 is 0 Å². The fourth-order valence-electron chi connectivity index (χ4n) is 1.98. The van der Waals surface area contributed by atoms with Crippen LogP contribution in [0.3, 0.4) is 0 Å². The Kier molecular flexibility index (Phi) is 3.71. The SMILES string of the molecule is CC(C)c1cc(C(=O)NCC(N)C2CC2)n(C)n1. The molecule has 5 nitrogen and oxygen atoms in total. The highest BCUT2D eigenvalue weighted by molar-refractivity contribution is 5.92. The summed E-state index contributed by atoms with van der Waals surface area (Å²) >= 11 is 0. The number of hydrogen-bond acceptors (Lipinski definition) is 3. The van der Waals surface area contributed by atoms with Gasteiger partial charge in [0.25, 0.3) is 5.91 Å². The van der Waals surface area contributed by atoms with Gasteiger partial charge in [0.15, 0.2) is 0 Å². The van der Waals surface area contributed by atoms with E-state index in [1.165, 1.54) is 12.8 Å². The van der Waals surface area contributed by atoms with Gasteiger partial charge in [0, 0.05) is 19.6 Å². The zero-order chi connectivity index (χ0) is 13.3. The molecule has 0 radical (unpaired) electrons. The van der Waals surface area contributed by atoms with E-state index in [9.17, 15) is 4.79 Å². The average Bonchev–Trinajstić information content (AvgIpc) is 3.08. The third-order valence-corrected chi connectivity index (χ3v) is 3.45. The van der Waals surface area contributed by atoms with E-state index in [-0.39, 0.29) is 11.9 Å². The summed E-state index contributed by atoms with van der Waals surface area (Å²) in [5.74, 6) is 0.836. The van der Waals surface area contributed by atoms with Crippen LogP contribution in [0.15, 0.2) is 6.07 Å². The van der Waals surface area contributed by atoms with Crippen LogP contribution in [0.1, 0.15) is 48.8 Å². The molecule has 2 rings (SSSR count). The molecule has 18 heavy (non-hydrogen) atoms. The number of nitrogens with one attached hydrogen (secondary N) is 1. The Morgan fingerprint density at radius 2 is 2.28 bits per heavy atom. The summed E-state index contributed by atoms with van der Waals surface area (Å²) in [4.78, 5) is 12.0. The molecule has 0 saturated heterocycles. The second-order valence-electron chi connectivity index (χ2n) is 5.44. The summed E-state index contributed by atoms with van der Waals surface area (Å²) in [6.45, 7) is 4.67. The summed E-state index contributed by atoms with van der Waals surface area (Å²) in [6.07, 6.45) is 2.39. The van der Waals surface area contributed by atoms with Crippen LogP contribution < -0.4 is 11.1 Å². The quantitative estimate of drug-likeness (QED) is 0.819. The maximum absolute atomic E-state index is 12.0. The number of nitrogens with two attached hydrogens (primary N) is 1. The van der Waals surface area contributed by atoms with Gasteiger partial charge in [-0.3, -0.25) is 9.48 Å². The van der Waals surface area contributed by atoms with Crippen molar-refractivity contribution in [3.8, 4) is 0 Å². The third kappa shape index (κ3) is 2.90. The van der Waals surface area contributed by atoms with Crippen LogP contribution in [-0.2, 0) is 7.05 Å². The summed E-state index contributed by atoms with van der Waals surface area (Å²) < 4.78 is 1.63. The molecule has 1 aliphatic carbocycles. The molecule has 0 bridgehead atoms. The average molecular weight is 250 g/mol. The molecule has 0 aromatic carbocycles. The minimum absolute atomic E-state index is 0.0896. The second kappa shape index (κ2) is 5.10. The lowest BCUT2D eigenvalue weighted by Crippen LogP contribution is -2.39. The minimum atomic E-state index is -0.0898. The number of carbonyl (C=O) groups excluding carboxylic acids is 1. The van der Waals surface area contributed by atoms with E-state index < -0.39 is 0 Å². The number of amides is 1. The number of carbonyl (C=O) groups is 1. The van der Waals surface area contributed by atoms with E-state index in [1.807, 2.05) is 6.07 Å². The fourth-order valence-corrected chi connectivity index (χ4v) is 1.98. The Labute approximate surface area is 108 Å². The van der Waals surface area contributed by atoms with Crippen molar-refractivity contribution in [3.63, 3.8) is 0 Å². The Morgan fingerprint density at radius 1 is 1.61 bits per heavy atom. The lowest BCUT2D eigenvalue weighted by Gasteiger charge is -2.11. The first-order valence-electron chi connectivity index (χ1n) is 6.56. The van der Waals surface area contributed by atoms with Crippen LogP contribution in [0.4, 0.5) is 0 Å². The molecule has 0 aliphatic heterocycles. The van der Waals surface area contributed by atoms with E-state index in [4.69, 9.17) is 5.73 Å². The highest BCUT2D eigenvalue weighted by Gasteiger charge is 2.28. The highest BCUT2D eigenvalue weighted by Crippen LogP contribution is 2.31. The van der Waals surface area contributed by atoms with Gasteiger partial charge in [-0.2, -0.15) is 5.10 Å². The molecule has 3 N–H and O–H groups in total. The largest absolute Gasteiger partial charge is 0.349 e. The van der Waals surface area contributed by atoms with Crippen molar-refractivity contribution in [2.24, 2.45) is 18.7 Å². The summed E-state index contributed by atoms with van der Waals surface area (Å²) in [7, 11) is 1.79. The molecule has 1 unspecified atom stereocenters. The van der Waals surface area contributed by atoms with E-state index in [0.717, 1.165) is 5.69 Å². The maximum atomic E-state index is 12.0. The standard InChI is InChI=1S/C13H22N4O/c1-8(2)11-6-12(17(3)16-11)13(18)15-7-10(14)9-4-5-9/h6,8-10H,4-5,7,14H2,1-3H3,(H,15,18). The van der Waals surface area contributed by atoms with E-state index in [0.29, 0.717) is 24.1 Å². The predicted molar refractivity (Wildman–Crippen MR) is 70.3 cm³/mol. The first-order chi connectivity index (χ1) is 8.49. The van der Waals surface area contributed by atoms with Crippen molar-refractivity contribution in [3.05, 3.63) is 17.5 Å². The highest BCUT2D eigenvalue weighted by atomic mass is 16.2. The number of aryl methyl sites for hydroxylation is 1. The van der Waals surface area contributed by atoms with Gasteiger partial charge in [-0.05, 0) is 30.7 Å². The molecular weight excluding hydrogens is 228 g/mol. The monoisotopic (exact) mass is 250 g/mol. The first-order valence-corrected chi connectivity index (χ1v) is 6.56. The van der Waals surface area contributed by atoms with E-state index in [2.05, 4.69) is 24.3 Å². The second-order valence-corrected chi connectivity index (χ2v) is 5.44. The van der Waals surface area contributed by atoms with Crippen molar-refractivity contribution in [1.82, 2.24) is 15.1 Å². The van der Waals surface area contributed by atoms with Gasteiger partial charge in [0.1, 0.15) is 5.69 Å². The van der Waals surface area contributed by atoms with Gasteiger partial charge < -0.3 is 11.1 Å². The molecular formula is C13H22N4O. The lowest BCUT2D eigenvalue weighted by atomic mass is 10.1. The zero-order valence-electron chi connectivity index (χ0n) is 11.3. The Hall–Kier alpha value is -1.36. The van der Waals surface area contributed by atoms with Gasteiger partial charge >= 0.3 is 0 Å². The molecule has 1 aliphatic rings. The molecule has 1 aromatic rings. The molecule has 0 spiro atoms. The van der Waals surface area contributed by atoms with Crippen molar-refractivity contribution < 1.29 is 4.79 Å². The van der Waals surface area contributed by atoms with E-state index in [1.54, 1.807) is 11.7 Å². The third-order valence-electron chi connectivity index (χ3n) is 3.45. The molecule has 1 aromatic heterocycles. The molecule has 1 heterocycles. The Morgan fingerprint density at radius 3 is 2.78 bits per heavy atom. The van der Waals surface area contributed by atoms with Crippen LogP contribution in [0.25, 0.3) is 0 Å². The first kappa shape index (κ1) is 13.1. The smallest absolute Gasteiger partial charge is 0.269 e. The maximum Gasteiger partial charge on any atom is 0.269 e. The summed E-state index contributed by atoms with van der Waals surface area (Å²) in [5.41, 5.74) is 7.50. The topological polar surface area (TPSA) is 72.9 Å². The molecule has 1 amide bonds. The normalized spacial score (nSPS) is 16.9. The molecule has 1 saturated carbocycles. The molecule has 1 fully saturated rings. The van der Waals surface area contributed by atoms with Crippen LogP contribution >= 0.6 is 0 Å². The van der Waals surface area contributed by atoms with Crippen molar-refractivity contribution in [2.75, 3.05) is 6.54 Å².